The van der Waals surface area contributed by atoms with Gasteiger partial charge >= 0.3 is 0 Å². The quantitative estimate of drug-likeness (QED) is 0.877. The summed E-state index contributed by atoms with van der Waals surface area (Å²) in [6.07, 6.45) is 0. The average Bonchev–Trinajstić information content (AvgIpc) is 2.68. The third-order valence-corrected chi connectivity index (χ3v) is 3.48. The number of hydrogen-bond donors (Lipinski definition) is 1. The summed E-state index contributed by atoms with van der Waals surface area (Å²) in [4.78, 5) is 0. The van der Waals surface area contributed by atoms with E-state index in [1.165, 1.54) is 0 Å². The molecule has 0 amide bonds. The van der Waals surface area contributed by atoms with Crippen LogP contribution >= 0.6 is 15.9 Å². The van der Waals surface area contributed by atoms with Gasteiger partial charge in [0.1, 0.15) is 19.0 Å². The minimum absolute atomic E-state index is 0.568. The first kappa shape index (κ1) is 11.4. The maximum absolute atomic E-state index is 5.80. The number of rotatable bonds is 1. The van der Waals surface area contributed by atoms with Crippen LogP contribution in [0.1, 0.15) is 0 Å². The van der Waals surface area contributed by atoms with Crippen LogP contribution in [0.2, 0.25) is 0 Å². The lowest BCUT2D eigenvalue weighted by Gasteiger charge is -2.19. The molecule has 1 aliphatic heterocycles. The summed E-state index contributed by atoms with van der Waals surface area (Å²) in [5.41, 5.74) is 7.54. The predicted molar refractivity (Wildman–Crippen MR) is 71.7 cm³/mol. The van der Waals surface area contributed by atoms with E-state index in [1.54, 1.807) is 4.68 Å². The van der Waals surface area contributed by atoms with Crippen LogP contribution in [0.3, 0.4) is 0 Å². The van der Waals surface area contributed by atoms with Crippen molar-refractivity contribution in [3.05, 3.63) is 22.7 Å². The predicted octanol–water partition coefficient (Wildman–Crippen LogP) is 2.20. The van der Waals surface area contributed by atoms with Crippen LogP contribution < -0.4 is 15.2 Å². The topological polar surface area (TPSA) is 62.3 Å². The molecule has 1 aromatic heterocycles. The Morgan fingerprint density at radius 3 is 2.50 bits per heavy atom. The van der Waals surface area contributed by atoms with Crippen molar-refractivity contribution in [2.24, 2.45) is 7.05 Å². The smallest absolute Gasteiger partial charge is 0.162 e. The normalized spacial score (nSPS) is 13.7. The minimum atomic E-state index is 0.568. The molecule has 1 aromatic carbocycles. The molecule has 2 N–H and O–H groups in total. The van der Waals surface area contributed by atoms with Crippen molar-refractivity contribution in [3.63, 3.8) is 0 Å². The molecule has 6 heteroatoms. The van der Waals surface area contributed by atoms with Gasteiger partial charge in [0.05, 0.1) is 5.69 Å². The summed E-state index contributed by atoms with van der Waals surface area (Å²) in [6, 6.07) is 5.64. The molecule has 5 nitrogen and oxygen atoms in total. The number of fused-ring (bicyclic) bond motifs is 1. The second kappa shape index (κ2) is 4.20. The lowest BCUT2D eigenvalue weighted by atomic mass is 10.1. The Morgan fingerprint density at radius 2 is 1.89 bits per heavy atom. The van der Waals surface area contributed by atoms with Gasteiger partial charge in [-0.25, -0.2) is 0 Å². The Labute approximate surface area is 113 Å². The third kappa shape index (κ3) is 1.82. The van der Waals surface area contributed by atoms with Crippen molar-refractivity contribution in [3.8, 4) is 22.8 Å². The Kier molecular flexibility index (Phi) is 2.66. The molecule has 2 heterocycles. The van der Waals surface area contributed by atoms with Crippen molar-refractivity contribution < 1.29 is 9.47 Å². The van der Waals surface area contributed by atoms with Gasteiger partial charge in [0.15, 0.2) is 11.5 Å². The van der Waals surface area contributed by atoms with E-state index in [2.05, 4.69) is 21.0 Å². The number of nitrogen functional groups attached to an aromatic ring is 1. The summed E-state index contributed by atoms with van der Waals surface area (Å²) in [7, 11) is 1.81. The first-order chi connectivity index (χ1) is 8.65. The average molecular weight is 310 g/mol. The molecule has 0 aliphatic carbocycles. The second-order valence-corrected chi connectivity index (χ2v) is 4.91. The first-order valence-electron chi connectivity index (χ1n) is 5.54. The van der Waals surface area contributed by atoms with Crippen LogP contribution in [0.5, 0.6) is 11.5 Å². The van der Waals surface area contributed by atoms with Crippen LogP contribution in [0.25, 0.3) is 11.3 Å². The molecule has 1 aliphatic rings. The zero-order chi connectivity index (χ0) is 12.7. The van der Waals surface area contributed by atoms with E-state index in [0.717, 1.165) is 27.2 Å². The molecular weight excluding hydrogens is 298 g/mol. The number of nitrogens with two attached hydrogens (primary N) is 1. The lowest BCUT2D eigenvalue weighted by molar-refractivity contribution is 0.171. The Hall–Kier alpha value is -1.69. The van der Waals surface area contributed by atoms with Gasteiger partial charge in [-0.2, -0.15) is 5.10 Å². The highest BCUT2D eigenvalue weighted by molar-refractivity contribution is 9.10. The zero-order valence-corrected chi connectivity index (χ0v) is 11.4. The highest BCUT2D eigenvalue weighted by Gasteiger charge is 2.17. The van der Waals surface area contributed by atoms with E-state index < -0.39 is 0 Å². The molecular formula is C12H12BrN3O2. The highest BCUT2D eigenvalue weighted by Crippen LogP contribution is 2.39. The fourth-order valence-corrected chi connectivity index (χ4v) is 2.40. The number of hydrogen-bond acceptors (Lipinski definition) is 4. The van der Waals surface area contributed by atoms with Crippen LogP contribution in [-0.4, -0.2) is 23.0 Å². The van der Waals surface area contributed by atoms with Gasteiger partial charge in [-0.1, -0.05) is 0 Å². The van der Waals surface area contributed by atoms with Crippen LogP contribution in [-0.2, 0) is 7.05 Å². The molecule has 3 rings (SSSR count). The van der Waals surface area contributed by atoms with E-state index in [-0.39, 0.29) is 0 Å². The van der Waals surface area contributed by atoms with Crippen LogP contribution in [0, 0.1) is 0 Å². The molecule has 0 saturated carbocycles. The lowest BCUT2D eigenvalue weighted by Crippen LogP contribution is -2.15. The van der Waals surface area contributed by atoms with Gasteiger partial charge in [-0.15, -0.1) is 0 Å². The molecule has 2 aromatic rings. The van der Waals surface area contributed by atoms with Crippen molar-refractivity contribution in [2.75, 3.05) is 18.9 Å². The number of aryl methyl sites for hydroxylation is 1. The third-order valence-electron chi connectivity index (χ3n) is 2.82. The largest absolute Gasteiger partial charge is 0.486 e. The molecule has 18 heavy (non-hydrogen) atoms. The molecule has 0 unspecified atom stereocenters. The second-order valence-electron chi connectivity index (χ2n) is 4.05. The zero-order valence-electron chi connectivity index (χ0n) is 9.81. The monoisotopic (exact) mass is 309 g/mol. The van der Waals surface area contributed by atoms with Crippen LogP contribution in [0.4, 0.5) is 5.82 Å². The molecule has 0 bridgehead atoms. The number of anilines is 1. The van der Waals surface area contributed by atoms with Crippen LogP contribution in [0.15, 0.2) is 22.7 Å². The molecule has 0 spiro atoms. The SMILES string of the molecule is Cn1nc(-c2cc3c(cc2Br)OCCO3)cc1N. The van der Waals surface area contributed by atoms with Crippen molar-refractivity contribution in [2.45, 2.75) is 0 Å². The van der Waals surface area contributed by atoms with Crippen molar-refractivity contribution in [1.82, 2.24) is 9.78 Å². The fourth-order valence-electron chi connectivity index (χ4n) is 1.87. The summed E-state index contributed by atoms with van der Waals surface area (Å²) in [5, 5.41) is 4.36. The van der Waals surface area contributed by atoms with E-state index in [9.17, 15) is 0 Å². The highest BCUT2D eigenvalue weighted by atomic mass is 79.9. The van der Waals surface area contributed by atoms with Gasteiger partial charge in [0, 0.05) is 23.2 Å². The fraction of sp³-hybridized carbons (Fsp3) is 0.250. The summed E-state index contributed by atoms with van der Waals surface area (Å²) in [5.74, 6) is 2.11. The molecule has 94 valence electrons. The van der Waals surface area contributed by atoms with E-state index in [1.807, 2.05) is 25.2 Å². The Balaban J connectivity index is 2.11. The van der Waals surface area contributed by atoms with Crippen molar-refractivity contribution in [1.29, 1.82) is 0 Å². The maximum atomic E-state index is 5.80. The van der Waals surface area contributed by atoms with Gasteiger partial charge in [-0.05, 0) is 28.1 Å². The Bertz CT molecular complexity index is 590. The summed E-state index contributed by atoms with van der Waals surface area (Å²) in [6.45, 7) is 1.15. The van der Waals surface area contributed by atoms with E-state index in [0.29, 0.717) is 19.0 Å². The first-order valence-corrected chi connectivity index (χ1v) is 6.33. The van der Waals surface area contributed by atoms with Gasteiger partial charge in [0.25, 0.3) is 0 Å². The Morgan fingerprint density at radius 1 is 1.22 bits per heavy atom. The minimum Gasteiger partial charge on any atom is -0.486 e. The molecule has 0 atom stereocenters. The maximum Gasteiger partial charge on any atom is 0.162 e. The molecule has 0 radical (unpaired) electrons. The summed E-state index contributed by atoms with van der Waals surface area (Å²) >= 11 is 3.52. The van der Waals surface area contributed by atoms with Gasteiger partial charge in [-0.3, -0.25) is 4.68 Å². The van der Waals surface area contributed by atoms with Crippen molar-refractivity contribution >= 4 is 21.7 Å². The number of aromatic nitrogens is 2. The van der Waals surface area contributed by atoms with Gasteiger partial charge < -0.3 is 15.2 Å². The van der Waals surface area contributed by atoms with Gasteiger partial charge in [0.2, 0.25) is 0 Å². The number of nitrogens with zero attached hydrogens (tertiary/aromatic N) is 2. The van der Waals surface area contributed by atoms with E-state index >= 15 is 0 Å². The van der Waals surface area contributed by atoms with E-state index in [4.69, 9.17) is 15.2 Å². The standard InChI is InChI=1S/C12H12BrN3O2/c1-16-12(14)6-9(15-16)7-4-10-11(5-8(7)13)18-3-2-17-10/h4-6H,2-3,14H2,1H3. The number of ether oxygens (including phenoxy) is 2. The molecule has 0 fully saturated rings. The number of halogens is 1. The molecule has 0 saturated heterocycles. The number of benzene rings is 1. The summed E-state index contributed by atoms with van der Waals surface area (Å²) < 4.78 is 13.6.